The number of amides is 1. The van der Waals surface area contributed by atoms with Crippen LogP contribution in [0.2, 0.25) is 0 Å². The lowest BCUT2D eigenvalue weighted by atomic mass is 10.0. The van der Waals surface area contributed by atoms with Crippen molar-refractivity contribution in [1.29, 1.82) is 0 Å². The molecule has 0 radical (unpaired) electrons. The van der Waals surface area contributed by atoms with E-state index in [2.05, 4.69) is 4.98 Å². The maximum absolute atomic E-state index is 12.3. The Bertz CT molecular complexity index is 597. The first kappa shape index (κ1) is 14.6. The molecule has 1 aromatic heterocycles. The number of H-pyrrole nitrogens is 1. The molecule has 1 amide bonds. The summed E-state index contributed by atoms with van der Waals surface area (Å²) in [6.07, 6.45) is 2.82. The molecule has 20 heavy (non-hydrogen) atoms. The molecule has 0 saturated carbocycles. The Hall–Kier alpha value is -1.81. The Morgan fingerprint density at radius 1 is 1.35 bits per heavy atom. The number of carbonyl (C=O) groups excluding carboxylic acids is 1. The molecule has 4 nitrogen and oxygen atoms in total. The minimum atomic E-state index is 0.0836. The zero-order valence-electron chi connectivity index (χ0n) is 12.4. The van der Waals surface area contributed by atoms with Crippen LogP contribution in [-0.4, -0.2) is 34.9 Å². The van der Waals surface area contributed by atoms with E-state index in [1.807, 2.05) is 50.1 Å². The summed E-state index contributed by atoms with van der Waals surface area (Å²) >= 11 is 0. The van der Waals surface area contributed by atoms with E-state index in [0.29, 0.717) is 0 Å². The SMILES string of the molecule is CCN(CC)C(=O)c1ccc2c(C[C@@H](C)N)c[nH]c2c1. The highest BCUT2D eigenvalue weighted by molar-refractivity contribution is 5.98. The number of nitrogens with one attached hydrogen (secondary N) is 1. The van der Waals surface area contributed by atoms with E-state index < -0.39 is 0 Å². The summed E-state index contributed by atoms with van der Waals surface area (Å²) in [6.45, 7) is 7.45. The molecular formula is C16H23N3O. The highest BCUT2D eigenvalue weighted by Crippen LogP contribution is 2.21. The summed E-state index contributed by atoms with van der Waals surface area (Å²) in [6, 6.07) is 5.98. The van der Waals surface area contributed by atoms with Crippen molar-refractivity contribution in [3.63, 3.8) is 0 Å². The molecule has 0 spiro atoms. The van der Waals surface area contributed by atoms with Crippen LogP contribution in [0, 0.1) is 0 Å². The van der Waals surface area contributed by atoms with E-state index >= 15 is 0 Å². The fourth-order valence-electron chi connectivity index (χ4n) is 2.53. The van der Waals surface area contributed by atoms with E-state index in [4.69, 9.17) is 5.73 Å². The van der Waals surface area contributed by atoms with E-state index in [1.165, 1.54) is 5.56 Å². The molecule has 3 N–H and O–H groups in total. The van der Waals surface area contributed by atoms with Gasteiger partial charge in [-0.05, 0) is 44.9 Å². The van der Waals surface area contributed by atoms with Gasteiger partial charge in [-0.3, -0.25) is 4.79 Å². The van der Waals surface area contributed by atoms with E-state index in [-0.39, 0.29) is 11.9 Å². The highest BCUT2D eigenvalue weighted by atomic mass is 16.2. The van der Waals surface area contributed by atoms with Crippen LogP contribution in [0.4, 0.5) is 0 Å². The van der Waals surface area contributed by atoms with Gasteiger partial charge in [0.1, 0.15) is 0 Å². The summed E-state index contributed by atoms with van der Waals surface area (Å²) in [5.74, 6) is 0.0836. The van der Waals surface area contributed by atoms with Crippen LogP contribution in [0.1, 0.15) is 36.7 Å². The number of carbonyl (C=O) groups is 1. The second kappa shape index (κ2) is 6.09. The Labute approximate surface area is 120 Å². The monoisotopic (exact) mass is 273 g/mol. The summed E-state index contributed by atoms with van der Waals surface area (Å²) in [5.41, 5.74) is 8.79. The van der Waals surface area contributed by atoms with Crippen LogP contribution in [0.25, 0.3) is 10.9 Å². The van der Waals surface area contributed by atoms with Gasteiger partial charge in [0.15, 0.2) is 0 Å². The van der Waals surface area contributed by atoms with Crippen LogP contribution in [0.15, 0.2) is 24.4 Å². The quantitative estimate of drug-likeness (QED) is 0.879. The lowest BCUT2D eigenvalue weighted by molar-refractivity contribution is 0.0773. The standard InChI is InChI=1S/C16H23N3O/c1-4-19(5-2)16(20)12-6-7-14-13(8-11(3)17)10-18-15(14)9-12/h6-7,9-11,18H,4-5,8,17H2,1-3H3/t11-/m1/s1. The first-order valence-corrected chi connectivity index (χ1v) is 7.21. The van der Waals surface area contributed by atoms with Gasteiger partial charge in [-0.2, -0.15) is 0 Å². The van der Waals surface area contributed by atoms with Crippen LogP contribution < -0.4 is 5.73 Å². The number of hydrogen-bond acceptors (Lipinski definition) is 2. The Balaban J connectivity index is 2.33. The number of aromatic amines is 1. The fourth-order valence-corrected chi connectivity index (χ4v) is 2.53. The topological polar surface area (TPSA) is 62.1 Å². The van der Waals surface area contributed by atoms with Crippen LogP contribution in [-0.2, 0) is 6.42 Å². The third-order valence-electron chi connectivity index (χ3n) is 3.61. The normalized spacial score (nSPS) is 12.6. The molecule has 0 aliphatic heterocycles. The zero-order chi connectivity index (χ0) is 14.7. The minimum absolute atomic E-state index is 0.0836. The van der Waals surface area contributed by atoms with Gasteiger partial charge in [-0.15, -0.1) is 0 Å². The first-order valence-electron chi connectivity index (χ1n) is 7.21. The second-order valence-corrected chi connectivity index (χ2v) is 5.23. The molecule has 0 bridgehead atoms. The van der Waals surface area contributed by atoms with Crippen LogP contribution >= 0.6 is 0 Å². The Morgan fingerprint density at radius 2 is 2.05 bits per heavy atom. The largest absolute Gasteiger partial charge is 0.361 e. The number of aromatic nitrogens is 1. The van der Waals surface area contributed by atoms with Crippen molar-refractivity contribution in [3.05, 3.63) is 35.5 Å². The molecule has 0 saturated heterocycles. The number of nitrogens with two attached hydrogens (primary N) is 1. The second-order valence-electron chi connectivity index (χ2n) is 5.23. The third kappa shape index (κ3) is 2.85. The molecule has 2 rings (SSSR count). The van der Waals surface area contributed by atoms with Crippen molar-refractivity contribution in [2.24, 2.45) is 5.73 Å². The van der Waals surface area contributed by atoms with Crippen molar-refractivity contribution in [2.45, 2.75) is 33.2 Å². The third-order valence-corrected chi connectivity index (χ3v) is 3.61. The molecule has 1 heterocycles. The van der Waals surface area contributed by atoms with Crippen molar-refractivity contribution < 1.29 is 4.79 Å². The molecule has 4 heteroatoms. The number of nitrogens with zero attached hydrogens (tertiary/aromatic N) is 1. The van der Waals surface area contributed by atoms with Gasteiger partial charge in [0.05, 0.1) is 0 Å². The van der Waals surface area contributed by atoms with Gasteiger partial charge in [-0.1, -0.05) is 6.07 Å². The van der Waals surface area contributed by atoms with E-state index in [0.717, 1.165) is 36.0 Å². The molecule has 2 aromatic rings. The van der Waals surface area contributed by atoms with Crippen molar-refractivity contribution in [1.82, 2.24) is 9.88 Å². The van der Waals surface area contributed by atoms with Gasteiger partial charge in [0.2, 0.25) is 0 Å². The molecule has 0 fully saturated rings. The molecule has 0 aliphatic rings. The number of benzene rings is 1. The lowest BCUT2D eigenvalue weighted by Gasteiger charge is -2.18. The minimum Gasteiger partial charge on any atom is -0.361 e. The molecule has 0 aliphatic carbocycles. The maximum atomic E-state index is 12.3. The summed E-state index contributed by atoms with van der Waals surface area (Å²) in [4.78, 5) is 17.4. The molecule has 1 atom stereocenters. The average molecular weight is 273 g/mol. The van der Waals surface area contributed by atoms with Crippen molar-refractivity contribution >= 4 is 16.8 Å². The maximum Gasteiger partial charge on any atom is 0.253 e. The zero-order valence-corrected chi connectivity index (χ0v) is 12.4. The van der Waals surface area contributed by atoms with E-state index in [9.17, 15) is 4.79 Å². The average Bonchev–Trinajstić information content (AvgIpc) is 2.81. The van der Waals surface area contributed by atoms with Gasteiger partial charge in [0.25, 0.3) is 5.91 Å². The number of rotatable bonds is 5. The van der Waals surface area contributed by atoms with Gasteiger partial charge < -0.3 is 15.6 Å². The fraction of sp³-hybridized carbons (Fsp3) is 0.438. The summed E-state index contributed by atoms with van der Waals surface area (Å²) in [7, 11) is 0. The lowest BCUT2D eigenvalue weighted by Crippen LogP contribution is -2.30. The summed E-state index contributed by atoms with van der Waals surface area (Å²) in [5, 5.41) is 1.15. The van der Waals surface area contributed by atoms with Gasteiger partial charge >= 0.3 is 0 Å². The Kier molecular flexibility index (Phi) is 4.45. The molecule has 1 aromatic carbocycles. The van der Waals surface area contributed by atoms with E-state index in [1.54, 1.807) is 0 Å². The molecule has 0 unspecified atom stereocenters. The van der Waals surface area contributed by atoms with Gasteiger partial charge in [-0.25, -0.2) is 0 Å². The Morgan fingerprint density at radius 3 is 2.65 bits per heavy atom. The highest BCUT2D eigenvalue weighted by Gasteiger charge is 2.14. The van der Waals surface area contributed by atoms with Crippen LogP contribution in [0.5, 0.6) is 0 Å². The number of hydrogen-bond donors (Lipinski definition) is 2. The summed E-state index contributed by atoms with van der Waals surface area (Å²) < 4.78 is 0. The van der Waals surface area contributed by atoms with Crippen molar-refractivity contribution in [3.8, 4) is 0 Å². The number of fused-ring (bicyclic) bond motifs is 1. The van der Waals surface area contributed by atoms with Crippen molar-refractivity contribution in [2.75, 3.05) is 13.1 Å². The predicted octanol–water partition coefficient (Wildman–Crippen LogP) is 2.54. The first-order chi connectivity index (χ1) is 9.56. The van der Waals surface area contributed by atoms with Gasteiger partial charge in [0, 0.05) is 41.8 Å². The van der Waals surface area contributed by atoms with Crippen LogP contribution in [0.3, 0.4) is 0 Å². The molecule has 108 valence electrons. The smallest absolute Gasteiger partial charge is 0.253 e. The molecular weight excluding hydrogens is 250 g/mol. The predicted molar refractivity (Wildman–Crippen MR) is 82.9 cm³/mol.